The molecule has 1 aromatic heterocycles. The molecule has 0 aliphatic rings. The van der Waals surface area contributed by atoms with Gasteiger partial charge in [-0.3, -0.25) is 4.79 Å². The SMILES string of the molecule is NC(=O)c1ccc(-n2ccc3ccccc32)c(Cl)c1. The second-order valence-electron chi connectivity index (χ2n) is 4.27. The molecule has 2 N–H and O–H groups in total. The summed E-state index contributed by atoms with van der Waals surface area (Å²) in [7, 11) is 0. The van der Waals surface area contributed by atoms with Gasteiger partial charge in [-0.1, -0.05) is 29.8 Å². The summed E-state index contributed by atoms with van der Waals surface area (Å²) < 4.78 is 1.99. The van der Waals surface area contributed by atoms with Gasteiger partial charge in [0.1, 0.15) is 0 Å². The molecule has 0 aliphatic heterocycles. The second kappa shape index (κ2) is 4.44. The third kappa shape index (κ3) is 1.98. The summed E-state index contributed by atoms with van der Waals surface area (Å²) in [5, 5.41) is 1.63. The number of fused-ring (bicyclic) bond motifs is 1. The Hall–Kier alpha value is -2.26. The third-order valence-corrected chi connectivity index (χ3v) is 3.39. The number of carbonyl (C=O) groups excluding carboxylic acids is 1. The fraction of sp³-hybridized carbons (Fsp3) is 0. The Morgan fingerprint density at radius 3 is 2.63 bits per heavy atom. The molecule has 1 amide bonds. The average Bonchev–Trinajstić information content (AvgIpc) is 2.82. The van der Waals surface area contributed by atoms with Crippen molar-refractivity contribution in [1.29, 1.82) is 0 Å². The van der Waals surface area contributed by atoms with Crippen molar-refractivity contribution in [2.75, 3.05) is 0 Å². The average molecular weight is 271 g/mol. The highest BCUT2D eigenvalue weighted by atomic mass is 35.5. The number of hydrogen-bond acceptors (Lipinski definition) is 1. The van der Waals surface area contributed by atoms with E-state index in [9.17, 15) is 4.79 Å². The first-order valence-corrected chi connectivity index (χ1v) is 6.20. The number of amides is 1. The van der Waals surface area contributed by atoms with Crippen LogP contribution in [-0.2, 0) is 0 Å². The van der Waals surface area contributed by atoms with Gasteiger partial charge in [-0.15, -0.1) is 0 Å². The van der Waals surface area contributed by atoms with Crippen LogP contribution < -0.4 is 5.73 Å². The molecule has 0 radical (unpaired) electrons. The highest BCUT2D eigenvalue weighted by molar-refractivity contribution is 6.32. The molecule has 0 atom stereocenters. The van der Waals surface area contributed by atoms with E-state index in [0.717, 1.165) is 16.6 Å². The van der Waals surface area contributed by atoms with Crippen LogP contribution in [0.2, 0.25) is 5.02 Å². The minimum Gasteiger partial charge on any atom is -0.366 e. The number of benzene rings is 2. The smallest absolute Gasteiger partial charge is 0.248 e. The fourth-order valence-corrected chi connectivity index (χ4v) is 2.42. The Bertz CT molecular complexity index is 777. The van der Waals surface area contributed by atoms with Crippen LogP contribution in [0.5, 0.6) is 0 Å². The monoisotopic (exact) mass is 270 g/mol. The van der Waals surface area contributed by atoms with Crippen LogP contribution in [0.1, 0.15) is 10.4 Å². The molecule has 2 aromatic carbocycles. The van der Waals surface area contributed by atoms with Crippen LogP contribution >= 0.6 is 11.6 Å². The Morgan fingerprint density at radius 1 is 1.11 bits per heavy atom. The highest BCUT2D eigenvalue weighted by Crippen LogP contribution is 2.26. The van der Waals surface area contributed by atoms with E-state index in [1.54, 1.807) is 18.2 Å². The van der Waals surface area contributed by atoms with Gasteiger partial charge in [0.15, 0.2) is 0 Å². The number of rotatable bonds is 2. The minimum absolute atomic E-state index is 0.408. The van der Waals surface area contributed by atoms with E-state index in [1.165, 1.54) is 0 Å². The maximum Gasteiger partial charge on any atom is 0.248 e. The highest BCUT2D eigenvalue weighted by Gasteiger charge is 2.09. The summed E-state index contributed by atoms with van der Waals surface area (Å²) in [6.45, 7) is 0. The molecule has 0 saturated carbocycles. The lowest BCUT2D eigenvalue weighted by Crippen LogP contribution is -2.11. The maximum absolute atomic E-state index is 11.1. The van der Waals surface area contributed by atoms with Gasteiger partial charge in [-0.2, -0.15) is 0 Å². The van der Waals surface area contributed by atoms with E-state index in [0.29, 0.717) is 10.6 Å². The van der Waals surface area contributed by atoms with Crippen molar-refractivity contribution >= 4 is 28.4 Å². The number of carbonyl (C=O) groups is 1. The van der Waals surface area contributed by atoms with Crippen molar-refractivity contribution in [3.05, 3.63) is 65.3 Å². The van der Waals surface area contributed by atoms with Crippen molar-refractivity contribution in [1.82, 2.24) is 4.57 Å². The van der Waals surface area contributed by atoms with Gasteiger partial charge >= 0.3 is 0 Å². The first-order valence-electron chi connectivity index (χ1n) is 5.82. The van der Waals surface area contributed by atoms with Crippen molar-refractivity contribution in [3.63, 3.8) is 0 Å². The van der Waals surface area contributed by atoms with Crippen molar-refractivity contribution in [3.8, 4) is 5.69 Å². The van der Waals surface area contributed by atoms with Gasteiger partial charge in [0.05, 0.1) is 16.2 Å². The zero-order valence-electron chi connectivity index (χ0n) is 10.0. The lowest BCUT2D eigenvalue weighted by Gasteiger charge is -2.08. The second-order valence-corrected chi connectivity index (χ2v) is 4.68. The van der Waals surface area contributed by atoms with Gasteiger partial charge in [-0.05, 0) is 35.7 Å². The van der Waals surface area contributed by atoms with E-state index in [4.69, 9.17) is 17.3 Å². The summed E-state index contributed by atoms with van der Waals surface area (Å²) in [6.07, 6.45) is 1.95. The van der Waals surface area contributed by atoms with Gasteiger partial charge in [0.2, 0.25) is 5.91 Å². The normalized spacial score (nSPS) is 10.8. The van der Waals surface area contributed by atoms with E-state index >= 15 is 0 Å². The number of para-hydroxylation sites is 1. The molecule has 0 fully saturated rings. The topological polar surface area (TPSA) is 48.0 Å². The lowest BCUT2D eigenvalue weighted by molar-refractivity contribution is 0.100. The Labute approximate surface area is 115 Å². The molecule has 3 rings (SSSR count). The molecule has 0 saturated heterocycles. The van der Waals surface area contributed by atoms with Crippen molar-refractivity contribution in [2.45, 2.75) is 0 Å². The van der Waals surface area contributed by atoms with E-state index < -0.39 is 5.91 Å². The molecule has 1 heterocycles. The molecule has 3 aromatic rings. The Balaban J connectivity index is 2.19. The van der Waals surface area contributed by atoms with E-state index in [1.807, 2.05) is 41.1 Å². The summed E-state index contributed by atoms with van der Waals surface area (Å²) in [5.41, 5.74) is 7.54. The van der Waals surface area contributed by atoms with Crippen LogP contribution in [0, 0.1) is 0 Å². The van der Waals surface area contributed by atoms with Gasteiger partial charge in [-0.25, -0.2) is 0 Å². The molecular formula is C15H11ClN2O. The number of halogens is 1. The quantitative estimate of drug-likeness (QED) is 0.762. The van der Waals surface area contributed by atoms with Crippen molar-refractivity contribution in [2.24, 2.45) is 5.73 Å². The fourth-order valence-electron chi connectivity index (χ4n) is 2.15. The van der Waals surface area contributed by atoms with Crippen LogP contribution in [0.4, 0.5) is 0 Å². The summed E-state index contributed by atoms with van der Waals surface area (Å²) >= 11 is 6.24. The number of aromatic nitrogens is 1. The Kier molecular flexibility index (Phi) is 2.76. The summed E-state index contributed by atoms with van der Waals surface area (Å²) in [5.74, 6) is -0.481. The van der Waals surface area contributed by atoms with E-state index in [-0.39, 0.29) is 0 Å². The van der Waals surface area contributed by atoms with E-state index in [2.05, 4.69) is 0 Å². The van der Waals surface area contributed by atoms with Crippen LogP contribution in [-0.4, -0.2) is 10.5 Å². The number of nitrogens with two attached hydrogens (primary N) is 1. The van der Waals surface area contributed by atoms with Crippen molar-refractivity contribution < 1.29 is 4.79 Å². The van der Waals surface area contributed by atoms with Gasteiger partial charge in [0.25, 0.3) is 0 Å². The molecule has 0 spiro atoms. The first kappa shape index (κ1) is 11.8. The molecule has 0 aliphatic carbocycles. The maximum atomic E-state index is 11.1. The molecule has 0 unspecified atom stereocenters. The lowest BCUT2D eigenvalue weighted by atomic mass is 10.2. The zero-order valence-corrected chi connectivity index (χ0v) is 10.8. The molecule has 3 nitrogen and oxygen atoms in total. The zero-order chi connectivity index (χ0) is 13.4. The predicted molar refractivity (Wildman–Crippen MR) is 76.8 cm³/mol. The van der Waals surface area contributed by atoms with Gasteiger partial charge < -0.3 is 10.3 Å². The molecule has 94 valence electrons. The Morgan fingerprint density at radius 2 is 1.89 bits per heavy atom. The summed E-state index contributed by atoms with van der Waals surface area (Å²) in [4.78, 5) is 11.1. The van der Waals surface area contributed by atoms with Crippen LogP contribution in [0.15, 0.2) is 54.7 Å². The standard InChI is InChI=1S/C15H11ClN2O/c16-12-9-11(15(17)19)5-6-14(12)18-8-7-10-3-1-2-4-13(10)18/h1-9H,(H2,17,19). The summed E-state index contributed by atoms with van der Waals surface area (Å²) in [6, 6.07) is 15.1. The minimum atomic E-state index is -0.481. The van der Waals surface area contributed by atoms with Crippen LogP contribution in [0.3, 0.4) is 0 Å². The number of primary amides is 1. The predicted octanol–water partition coefficient (Wildman–Crippen LogP) is 3.38. The molecule has 19 heavy (non-hydrogen) atoms. The number of hydrogen-bond donors (Lipinski definition) is 1. The molecule has 0 bridgehead atoms. The largest absolute Gasteiger partial charge is 0.366 e. The third-order valence-electron chi connectivity index (χ3n) is 3.09. The van der Waals surface area contributed by atoms with Crippen LogP contribution in [0.25, 0.3) is 16.6 Å². The first-order chi connectivity index (χ1) is 9.16. The van der Waals surface area contributed by atoms with Gasteiger partial charge in [0, 0.05) is 11.8 Å². The number of nitrogens with zero attached hydrogens (tertiary/aromatic N) is 1. The molecule has 4 heteroatoms. The molecular weight excluding hydrogens is 260 g/mol.